The van der Waals surface area contributed by atoms with Crippen molar-refractivity contribution in [2.75, 3.05) is 13.6 Å². The number of rotatable bonds is 1. The molecule has 0 fully saturated rings. The summed E-state index contributed by atoms with van der Waals surface area (Å²) in [6.45, 7) is 6.04. The van der Waals surface area contributed by atoms with E-state index in [4.69, 9.17) is 0 Å². The minimum atomic E-state index is -0.0425. The SMILES string of the molecule is CC(C)c1cc2c(cc1F)CN(C)CC2. The maximum absolute atomic E-state index is 13.7. The van der Waals surface area contributed by atoms with Gasteiger partial charge in [-0.1, -0.05) is 19.9 Å². The normalized spacial score (nSPS) is 16.9. The Labute approximate surface area is 90.9 Å². The van der Waals surface area contributed by atoms with E-state index in [1.807, 2.05) is 13.8 Å². The standard InChI is InChI=1S/C13H18FN/c1-9(2)12-6-10-4-5-15(3)8-11(10)7-13(12)14/h6-7,9H,4-5,8H2,1-3H3. The van der Waals surface area contributed by atoms with Crippen LogP contribution in [0.2, 0.25) is 0 Å². The van der Waals surface area contributed by atoms with E-state index in [-0.39, 0.29) is 11.7 Å². The molecule has 1 aromatic rings. The number of fused-ring (bicyclic) bond motifs is 1. The van der Waals surface area contributed by atoms with Gasteiger partial charge < -0.3 is 4.90 Å². The third-order valence-electron chi connectivity index (χ3n) is 3.14. The lowest BCUT2D eigenvalue weighted by molar-refractivity contribution is 0.312. The highest BCUT2D eigenvalue weighted by Gasteiger charge is 2.17. The van der Waals surface area contributed by atoms with E-state index in [9.17, 15) is 4.39 Å². The fourth-order valence-electron chi connectivity index (χ4n) is 2.18. The van der Waals surface area contributed by atoms with Crippen LogP contribution in [0.3, 0.4) is 0 Å². The average molecular weight is 207 g/mol. The highest BCUT2D eigenvalue weighted by atomic mass is 19.1. The van der Waals surface area contributed by atoms with Gasteiger partial charge in [-0.2, -0.15) is 0 Å². The average Bonchev–Trinajstić information content (AvgIpc) is 2.15. The van der Waals surface area contributed by atoms with Gasteiger partial charge in [0.2, 0.25) is 0 Å². The second-order valence-corrected chi connectivity index (χ2v) is 4.78. The Hall–Kier alpha value is -0.890. The topological polar surface area (TPSA) is 3.24 Å². The maximum Gasteiger partial charge on any atom is 0.126 e. The molecule has 0 saturated carbocycles. The molecule has 0 aliphatic carbocycles. The minimum absolute atomic E-state index is 0.0425. The Morgan fingerprint density at radius 1 is 1.27 bits per heavy atom. The summed E-state index contributed by atoms with van der Waals surface area (Å²) in [5.41, 5.74) is 3.35. The molecule has 1 aliphatic rings. The second kappa shape index (κ2) is 3.93. The molecular formula is C13H18FN. The summed E-state index contributed by atoms with van der Waals surface area (Å²) in [5, 5.41) is 0. The Bertz CT molecular complexity index is 371. The summed E-state index contributed by atoms with van der Waals surface area (Å²) in [6.07, 6.45) is 1.05. The van der Waals surface area contributed by atoms with Crippen molar-refractivity contribution >= 4 is 0 Å². The molecule has 2 rings (SSSR count). The van der Waals surface area contributed by atoms with Crippen molar-refractivity contribution in [2.24, 2.45) is 0 Å². The molecule has 0 N–H and O–H groups in total. The molecule has 82 valence electrons. The molecule has 0 radical (unpaired) electrons. The fourth-order valence-corrected chi connectivity index (χ4v) is 2.18. The Morgan fingerprint density at radius 3 is 2.67 bits per heavy atom. The number of halogens is 1. The molecule has 0 saturated heterocycles. The molecule has 0 atom stereocenters. The number of hydrogen-bond acceptors (Lipinski definition) is 1. The van der Waals surface area contributed by atoms with Crippen LogP contribution in [0.15, 0.2) is 12.1 Å². The molecular weight excluding hydrogens is 189 g/mol. The third-order valence-corrected chi connectivity index (χ3v) is 3.14. The summed E-state index contributed by atoms with van der Waals surface area (Å²) in [6, 6.07) is 3.78. The monoisotopic (exact) mass is 207 g/mol. The van der Waals surface area contributed by atoms with Crippen molar-refractivity contribution in [3.8, 4) is 0 Å². The zero-order valence-corrected chi connectivity index (χ0v) is 9.68. The van der Waals surface area contributed by atoms with Crippen LogP contribution in [-0.2, 0) is 13.0 Å². The Kier molecular flexibility index (Phi) is 2.79. The highest BCUT2D eigenvalue weighted by molar-refractivity contribution is 5.36. The highest BCUT2D eigenvalue weighted by Crippen LogP contribution is 2.26. The lowest BCUT2D eigenvalue weighted by Gasteiger charge is -2.26. The van der Waals surface area contributed by atoms with E-state index in [1.54, 1.807) is 6.07 Å². The first-order chi connectivity index (χ1) is 7.08. The van der Waals surface area contributed by atoms with Gasteiger partial charge in [0, 0.05) is 13.1 Å². The van der Waals surface area contributed by atoms with Gasteiger partial charge in [0.1, 0.15) is 5.82 Å². The van der Waals surface area contributed by atoms with Crippen molar-refractivity contribution in [3.63, 3.8) is 0 Å². The van der Waals surface area contributed by atoms with Crippen molar-refractivity contribution < 1.29 is 4.39 Å². The number of nitrogens with zero attached hydrogens (tertiary/aromatic N) is 1. The fraction of sp³-hybridized carbons (Fsp3) is 0.538. The van der Waals surface area contributed by atoms with Crippen LogP contribution in [0.25, 0.3) is 0 Å². The lowest BCUT2D eigenvalue weighted by Crippen LogP contribution is -2.26. The Balaban J connectivity index is 2.42. The summed E-state index contributed by atoms with van der Waals surface area (Å²) in [5.74, 6) is 0.231. The lowest BCUT2D eigenvalue weighted by atomic mass is 9.93. The van der Waals surface area contributed by atoms with Crippen molar-refractivity contribution in [1.82, 2.24) is 4.90 Å². The molecule has 0 amide bonds. The molecule has 15 heavy (non-hydrogen) atoms. The van der Waals surface area contributed by atoms with E-state index < -0.39 is 0 Å². The predicted octanol–water partition coefficient (Wildman–Crippen LogP) is 2.94. The predicted molar refractivity (Wildman–Crippen MR) is 60.5 cm³/mol. The molecule has 1 nitrogen and oxygen atoms in total. The van der Waals surface area contributed by atoms with E-state index in [0.717, 1.165) is 30.6 Å². The van der Waals surface area contributed by atoms with Crippen LogP contribution in [0.1, 0.15) is 36.5 Å². The van der Waals surface area contributed by atoms with Gasteiger partial charge in [-0.25, -0.2) is 4.39 Å². The summed E-state index contributed by atoms with van der Waals surface area (Å²) < 4.78 is 13.7. The maximum atomic E-state index is 13.7. The summed E-state index contributed by atoms with van der Waals surface area (Å²) in [7, 11) is 2.08. The number of likely N-dealkylation sites (N-methyl/N-ethyl adjacent to an activating group) is 1. The first kappa shape index (κ1) is 10.6. The van der Waals surface area contributed by atoms with E-state index >= 15 is 0 Å². The van der Waals surface area contributed by atoms with Crippen molar-refractivity contribution in [3.05, 3.63) is 34.6 Å². The first-order valence-corrected chi connectivity index (χ1v) is 5.57. The van der Waals surface area contributed by atoms with E-state index in [1.165, 1.54) is 5.56 Å². The zero-order chi connectivity index (χ0) is 11.0. The molecule has 1 aliphatic heterocycles. The first-order valence-electron chi connectivity index (χ1n) is 5.57. The summed E-state index contributed by atoms with van der Waals surface area (Å²) >= 11 is 0. The van der Waals surface area contributed by atoms with Crippen molar-refractivity contribution in [2.45, 2.75) is 32.7 Å². The smallest absolute Gasteiger partial charge is 0.126 e. The minimum Gasteiger partial charge on any atom is -0.302 e. The molecule has 0 spiro atoms. The van der Waals surface area contributed by atoms with Gasteiger partial charge in [-0.15, -0.1) is 0 Å². The van der Waals surface area contributed by atoms with Crippen LogP contribution in [0, 0.1) is 5.82 Å². The number of hydrogen-bond donors (Lipinski definition) is 0. The van der Waals surface area contributed by atoms with E-state index in [2.05, 4.69) is 18.0 Å². The van der Waals surface area contributed by atoms with Gasteiger partial charge in [-0.3, -0.25) is 0 Å². The Morgan fingerprint density at radius 2 is 2.00 bits per heavy atom. The van der Waals surface area contributed by atoms with Crippen molar-refractivity contribution in [1.29, 1.82) is 0 Å². The summed E-state index contributed by atoms with van der Waals surface area (Å²) in [4.78, 5) is 2.23. The number of benzene rings is 1. The molecule has 0 aromatic heterocycles. The van der Waals surface area contributed by atoms with Gasteiger partial charge in [0.15, 0.2) is 0 Å². The van der Waals surface area contributed by atoms with Crippen LogP contribution in [0.5, 0.6) is 0 Å². The molecule has 0 unspecified atom stereocenters. The third kappa shape index (κ3) is 2.05. The van der Waals surface area contributed by atoms with Crippen LogP contribution >= 0.6 is 0 Å². The van der Waals surface area contributed by atoms with Crippen LogP contribution in [0.4, 0.5) is 4.39 Å². The van der Waals surface area contributed by atoms with Gasteiger partial charge >= 0.3 is 0 Å². The molecule has 0 bridgehead atoms. The molecule has 1 aromatic carbocycles. The van der Waals surface area contributed by atoms with E-state index in [0.29, 0.717) is 0 Å². The van der Waals surface area contributed by atoms with Gasteiger partial charge in [0.05, 0.1) is 0 Å². The molecule has 2 heteroatoms. The zero-order valence-electron chi connectivity index (χ0n) is 9.68. The van der Waals surface area contributed by atoms with Crippen LogP contribution in [-0.4, -0.2) is 18.5 Å². The van der Waals surface area contributed by atoms with Gasteiger partial charge in [-0.05, 0) is 42.1 Å². The molecule has 1 heterocycles. The van der Waals surface area contributed by atoms with Gasteiger partial charge in [0.25, 0.3) is 0 Å². The largest absolute Gasteiger partial charge is 0.302 e. The second-order valence-electron chi connectivity index (χ2n) is 4.78. The quantitative estimate of drug-likeness (QED) is 0.684. The van der Waals surface area contributed by atoms with Crippen LogP contribution < -0.4 is 0 Å².